The third kappa shape index (κ3) is 6.09. The zero-order valence-corrected chi connectivity index (χ0v) is 18.7. The molecule has 1 aliphatic rings. The van der Waals surface area contributed by atoms with Crippen LogP contribution in [-0.4, -0.2) is 41.6 Å². The van der Waals surface area contributed by atoms with E-state index in [1.54, 1.807) is 11.8 Å². The van der Waals surface area contributed by atoms with Crippen LogP contribution in [0.1, 0.15) is 66.4 Å². The number of nitrogens with one attached hydrogen (secondary N) is 1. The number of piperidine rings is 1. The minimum absolute atomic E-state index is 0.0122. The molecule has 1 atom stereocenters. The van der Waals surface area contributed by atoms with Gasteiger partial charge in [0.05, 0.1) is 11.3 Å². The molecule has 0 saturated carbocycles. The predicted molar refractivity (Wildman–Crippen MR) is 118 cm³/mol. The standard InChI is InChI=1S/C23H33N3O2S/c1-17-10-6-8-14-26(17)15-9-7-13-24-23(27)20-11-4-5-12-22(20)29-16-21-18(2)25-28-19(21)3/h4-5,11-12,17H,6-10,13-16H2,1-3H3,(H,24,27). The summed E-state index contributed by atoms with van der Waals surface area (Å²) in [5.74, 6) is 1.61. The van der Waals surface area contributed by atoms with E-state index >= 15 is 0 Å². The zero-order valence-electron chi connectivity index (χ0n) is 17.9. The van der Waals surface area contributed by atoms with Gasteiger partial charge >= 0.3 is 0 Å². The average Bonchev–Trinajstić information content (AvgIpc) is 3.05. The summed E-state index contributed by atoms with van der Waals surface area (Å²) >= 11 is 1.66. The van der Waals surface area contributed by atoms with Crippen LogP contribution < -0.4 is 5.32 Å². The van der Waals surface area contributed by atoms with E-state index in [9.17, 15) is 4.79 Å². The Labute approximate surface area is 178 Å². The van der Waals surface area contributed by atoms with Crippen molar-refractivity contribution in [2.24, 2.45) is 0 Å². The maximum atomic E-state index is 12.7. The highest BCUT2D eigenvalue weighted by Crippen LogP contribution is 2.28. The topological polar surface area (TPSA) is 58.4 Å². The first-order chi connectivity index (χ1) is 14.1. The van der Waals surface area contributed by atoms with Gasteiger partial charge in [-0.15, -0.1) is 11.8 Å². The molecule has 5 nitrogen and oxygen atoms in total. The van der Waals surface area contributed by atoms with E-state index in [1.807, 2.05) is 38.1 Å². The van der Waals surface area contributed by atoms with E-state index < -0.39 is 0 Å². The van der Waals surface area contributed by atoms with Crippen molar-refractivity contribution >= 4 is 17.7 Å². The third-order valence-electron chi connectivity index (χ3n) is 5.78. The predicted octanol–water partition coefficient (Wildman–Crippen LogP) is 4.97. The summed E-state index contributed by atoms with van der Waals surface area (Å²) in [6.07, 6.45) is 6.15. The number of carbonyl (C=O) groups is 1. The number of thioether (sulfide) groups is 1. The van der Waals surface area contributed by atoms with E-state index in [0.717, 1.165) is 59.2 Å². The third-order valence-corrected chi connectivity index (χ3v) is 6.88. The second-order valence-corrected chi connectivity index (χ2v) is 8.95. The van der Waals surface area contributed by atoms with Gasteiger partial charge in [0.15, 0.2) is 0 Å². The van der Waals surface area contributed by atoms with Gasteiger partial charge in [-0.1, -0.05) is 23.7 Å². The highest BCUT2D eigenvalue weighted by molar-refractivity contribution is 7.98. The Hall–Kier alpha value is -1.79. The van der Waals surface area contributed by atoms with Crippen LogP contribution in [0.3, 0.4) is 0 Å². The molecule has 0 bridgehead atoms. The van der Waals surface area contributed by atoms with Crippen molar-refractivity contribution in [3.63, 3.8) is 0 Å². The summed E-state index contributed by atoms with van der Waals surface area (Å²) in [6.45, 7) is 9.31. The van der Waals surface area contributed by atoms with Crippen molar-refractivity contribution < 1.29 is 9.32 Å². The Morgan fingerprint density at radius 2 is 2.10 bits per heavy atom. The number of likely N-dealkylation sites (tertiary alicyclic amines) is 1. The number of benzene rings is 1. The molecule has 0 spiro atoms. The van der Waals surface area contributed by atoms with Crippen molar-refractivity contribution in [3.8, 4) is 0 Å². The number of hydrogen-bond acceptors (Lipinski definition) is 5. The Bertz CT molecular complexity index is 786. The smallest absolute Gasteiger partial charge is 0.252 e. The lowest BCUT2D eigenvalue weighted by Crippen LogP contribution is -2.38. The lowest BCUT2D eigenvalue weighted by molar-refractivity contribution is 0.0948. The summed E-state index contributed by atoms with van der Waals surface area (Å²) in [5, 5.41) is 7.11. The molecule has 1 aliphatic heterocycles. The van der Waals surface area contributed by atoms with Crippen LogP contribution in [0.5, 0.6) is 0 Å². The van der Waals surface area contributed by atoms with E-state index in [-0.39, 0.29) is 5.91 Å². The number of hydrogen-bond donors (Lipinski definition) is 1. The van der Waals surface area contributed by atoms with Gasteiger partial charge in [-0.05, 0) is 71.7 Å². The van der Waals surface area contributed by atoms with Crippen molar-refractivity contribution in [2.45, 2.75) is 69.6 Å². The van der Waals surface area contributed by atoms with Gasteiger partial charge in [0.25, 0.3) is 5.91 Å². The van der Waals surface area contributed by atoms with Crippen LogP contribution >= 0.6 is 11.8 Å². The highest BCUT2D eigenvalue weighted by Gasteiger charge is 2.17. The number of aryl methyl sites for hydroxylation is 2. The zero-order chi connectivity index (χ0) is 20.6. The molecule has 1 N–H and O–H groups in total. The molecule has 2 aromatic rings. The van der Waals surface area contributed by atoms with Gasteiger partial charge in [-0.2, -0.15) is 0 Å². The first-order valence-corrected chi connectivity index (χ1v) is 11.7. The van der Waals surface area contributed by atoms with Crippen LogP contribution in [-0.2, 0) is 5.75 Å². The fraction of sp³-hybridized carbons (Fsp3) is 0.565. The van der Waals surface area contributed by atoms with Gasteiger partial charge in [0, 0.05) is 28.8 Å². The molecule has 2 heterocycles. The molecule has 0 radical (unpaired) electrons. The quantitative estimate of drug-likeness (QED) is 0.463. The molecule has 158 valence electrons. The largest absolute Gasteiger partial charge is 0.361 e. The van der Waals surface area contributed by atoms with Gasteiger partial charge in [0.1, 0.15) is 5.76 Å². The maximum absolute atomic E-state index is 12.7. The normalized spacial score (nSPS) is 17.4. The number of unbranched alkanes of at least 4 members (excludes halogenated alkanes) is 1. The van der Waals surface area contributed by atoms with E-state index in [4.69, 9.17) is 4.52 Å². The van der Waals surface area contributed by atoms with Crippen molar-refractivity contribution in [1.29, 1.82) is 0 Å². The van der Waals surface area contributed by atoms with Gasteiger partial charge in [-0.25, -0.2) is 0 Å². The molecule has 6 heteroatoms. The van der Waals surface area contributed by atoms with Crippen LogP contribution in [0.4, 0.5) is 0 Å². The molecule has 1 saturated heterocycles. The van der Waals surface area contributed by atoms with Crippen molar-refractivity contribution in [2.75, 3.05) is 19.6 Å². The maximum Gasteiger partial charge on any atom is 0.252 e. The van der Waals surface area contributed by atoms with Crippen molar-refractivity contribution in [3.05, 3.63) is 46.8 Å². The van der Waals surface area contributed by atoms with Crippen LogP contribution in [0.2, 0.25) is 0 Å². The SMILES string of the molecule is Cc1noc(C)c1CSc1ccccc1C(=O)NCCCCN1CCCCC1C. The average molecular weight is 416 g/mol. The molecule has 1 fully saturated rings. The molecule has 1 unspecified atom stereocenters. The van der Waals surface area contributed by atoms with Crippen LogP contribution in [0, 0.1) is 13.8 Å². The summed E-state index contributed by atoms with van der Waals surface area (Å²) < 4.78 is 5.24. The van der Waals surface area contributed by atoms with E-state index in [1.165, 1.54) is 25.8 Å². The molecule has 1 amide bonds. The summed E-state index contributed by atoms with van der Waals surface area (Å²) in [5.41, 5.74) is 2.77. The van der Waals surface area contributed by atoms with E-state index in [0.29, 0.717) is 6.04 Å². The monoisotopic (exact) mass is 415 g/mol. The Morgan fingerprint density at radius 1 is 1.28 bits per heavy atom. The Morgan fingerprint density at radius 3 is 2.86 bits per heavy atom. The Balaban J connectivity index is 1.45. The fourth-order valence-electron chi connectivity index (χ4n) is 3.86. The fourth-order valence-corrected chi connectivity index (χ4v) is 5.07. The molecular formula is C23H33N3O2S. The van der Waals surface area contributed by atoms with Gasteiger partial charge in [0.2, 0.25) is 0 Å². The van der Waals surface area contributed by atoms with Crippen LogP contribution in [0.15, 0.2) is 33.7 Å². The number of amides is 1. The summed E-state index contributed by atoms with van der Waals surface area (Å²) in [6, 6.07) is 8.52. The molecule has 1 aromatic carbocycles. The number of rotatable bonds is 9. The molecule has 29 heavy (non-hydrogen) atoms. The van der Waals surface area contributed by atoms with Crippen molar-refractivity contribution in [1.82, 2.24) is 15.4 Å². The van der Waals surface area contributed by atoms with Gasteiger partial charge in [-0.3, -0.25) is 4.79 Å². The summed E-state index contributed by atoms with van der Waals surface area (Å²) in [4.78, 5) is 16.3. The summed E-state index contributed by atoms with van der Waals surface area (Å²) in [7, 11) is 0. The highest BCUT2D eigenvalue weighted by atomic mass is 32.2. The minimum atomic E-state index is 0.0122. The molecule has 1 aromatic heterocycles. The Kier molecular flexibility index (Phi) is 8.19. The molecule has 3 rings (SSSR count). The number of aromatic nitrogens is 1. The first-order valence-electron chi connectivity index (χ1n) is 10.7. The minimum Gasteiger partial charge on any atom is -0.361 e. The lowest BCUT2D eigenvalue weighted by atomic mass is 10.0. The second kappa shape index (κ2) is 10.8. The number of carbonyl (C=O) groups excluding carboxylic acids is 1. The molecule has 0 aliphatic carbocycles. The number of nitrogens with zero attached hydrogens (tertiary/aromatic N) is 2. The first kappa shape index (κ1) is 21.9. The van der Waals surface area contributed by atoms with Crippen LogP contribution in [0.25, 0.3) is 0 Å². The molecular weight excluding hydrogens is 382 g/mol. The lowest BCUT2D eigenvalue weighted by Gasteiger charge is -2.33. The second-order valence-electron chi connectivity index (χ2n) is 7.93. The van der Waals surface area contributed by atoms with Gasteiger partial charge < -0.3 is 14.7 Å². The van der Waals surface area contributed by atoms with E-state index in [2.05, 4.69) is 22.3 Å².